The fraction of sp³-hybridized carbons (Fsp3) is 0.846. The fourth-order valence-electron chi connectivity index (χ4n) is 2.87. The third kappa shape index (κ3) is 3.22. The first-order chi connectivity index (χ1) is 8.70. The van der Waals surface area contributed by atoms with Gasteiger partial charge in [-0.2, -0.15) is 0 Å². The van der Waals surface area contributed by atoms with Crippen LogP contribution in [0.15, 0.2) is 0 Å². The number of likely N-dealkylation sites (tertiary alicyclic amines) is 1. The Bertz CT molecular complexity index is 311. The summed E-state index contributed by atoms with van der Waals surface area (Å²) < 4.78 is 0. The monoisotopic (exact) mass is 253 g/mol. The minimum absolute atomic E-state index is 0.00531. The zero-order chi connectivity index (χ0) is 13.0. The zero-order valence-electron chi connectivity index (χ0n) is 11.2. The lowest BCUT2D eigenvalue weighted by Crippen LogP contribution is -2.48. The number of nitrogens with zero attached hydrogens (tertiary/aromatic N) is 2. The van der Waals surface area contributed by atoms with E-state index in [1.54, 1.807) is 0 Å². The van der Waals surface area contributed by atoms with Crippen LogP contribution in [-0.2, 0) is 9.59 Å². The molecule has 2 heterocycles. The molecule has 2 amide bonds. The molecule has 2 fully saturated rings. The van der Waals surface area contributed by atoms with Gasteiger partial charge in [0.05, 0.1) is 6.54 Å². The number of nitrogens with one attached hydrogen (secondary N) is 1. The molecule has 5 heteroatoms. The van der Waals surface area contributed by atoms with Crippen molar-refractivity contribution in [2.45, 2.75) is 38.6 Å². The first-order valence-corrected chi connectivity index (χ1v) is 6.99. The van der Waals surface area contributed by atoms with Gasteiger partial charge in [-0.05, 0) is 25.8 Å². The Morgan fingerprint density at radius 1 is 1.22 bits per heavy atom. The van der Waals surface area contributed by atoms with Crippen LogP contribution in [-0.4, -0.2) is 60.4 Å². The van der Waals surface area contributed by atoms with Crippen molar-refractivity contribution < 1.29 is 9.59 Å². The van der Waals surface area contributed by atoms with E-state index >= 15 is 0 Å². The van der Waals surface area contributed by atoms with Crippen LogP contribution in [0, 0.1) is 0 Å². The molecule has 0 aliphatic carbocycles. The van der Waals surface area contributed by atoms with Gasteiger partial charge in [0.25, 0.3) is 0 Å². The lowest BCUT2D eigenvalue weighted by Gasteiger charge is -2.37. The van der Waals surface area contributed by atoms with Crippen LogP contribution in [0.25, 0.3) is 0 Å². The van der Waals surface area contributed by atoms with E-state index in [9.17, 15) is 9.59 Å². The highest BCUT2D eigenvalue weighted by Gasteiger charge is 2.29. The third-order valence-corrected chi connectivity index (χ3v) is 3.87. The highest BCUT2D eigenvalue weighted by Crippen LogP contribution is 2.18. The molecule has 5 nitrogen and oxygen atoms in total. The van der Waals surface area contributed by atoms with E-state index in [1.165, 1.54) is 6.42 Å². The van der Waals surface area contributed by atoms with Crippen molar-refractivity contribution in [2.75, 3.05) is 32.7 Å². The second-order valence-corrected chi connectivity index (χ2v) is 5.19. The maximum atomic E-state index is 12.0. The Morgan fingerprint density at radius 2 is 1.94 bits per heavy atom. The summed E-state index contributed by atoms with van der Waals surface area (Å²) >= 11 is 0. The molecule has 0 bridgehead atoms. The molecule has 102 valence electrons. The number of amides is 2. The summed E-state index contributed by atoms with van der Waals surface area (Å²) in [4.78, 5) is 27.6. The molecule has 0 unspecified atom stereocenters. The first-order valence-electron chi connectivity index (χ1n) is 6.99. The number of piperidine rings is 1. The van der Waals surface area contributed by atoms with E-state index in [2.05, 4.69) is 17.1 Å². The molecule has 0 aromatic carbocycles. The number of hydrogen-bond acceptors (Lipinski definition) is 3. The van der Waals surface area contributed by atoms with Gasteiger partial charge in [-0.15, -0.1) is 0 Å². The van der Waals surface area contributed by atoms with Crippen LogP contribution in [0.3, 0.4) is 0 Å². The van der Waals surface area contributed by atoms with Crippen molar-refractivity contribution in [3.63, 3.8) is 0 Å². The molecule has 0 aromatic heterocycles. The van der Waals surface area contributed by atoms with Crippen LogP contribution >= 0.6 is 0 Å². The molecule has 0 atom stereocenters. The van der Waals surface area contributed by atoms with Gasteiger partial charge in [0.1, 0.15) is 0 Å². The molecule has 2 rings (SSSR count). The highest BCUT2D eigenvalue weighted by atomic mass is 16.2. The van der Waals surface area contributed by atoms with Crippen LogP contribution in [0.4, 0.5) is 0 Å². The molecule has 0 spiro atoms. The molecule has 2 aliphatic heterocycles. The van der Waals surface area contributed by atoms with E-state index in [0.29, 0.717) is 19.0 Å². The summed E-state index contributed by atoms with van der Waals surface area (Å²) in [5.74, 6) is 0.0732. The smallest absolute Gasteiger partial charge is 0.242 e. The van der Waals surface area contributed by atoms with Crippen molar-refractivity contribution in [1.29, 1.82) is 0 Å². The second kappa shape index (κ2) is 6.18. The van der Waals surface area contributed by atoms with Crippen molar-refractivity contribution in [1.82, 2.24) is 15.1 Å². The van der Waals surface area contributed by atoms with Gasteiger partial charge in [0.2, 0.25) is 11.8 Å². The van der Waals surface area contributed by atoms with E-state index in [4.69, 9.17) is 0 Å². The number of carbonyl (C=O) groups is 2. The largest absolute Gasteiger partial charge is 0.347 e. The average Bonchev–Trinajstić information content (AvgIpc) is 2.54. The zero-order valence-corrected chi connectivity index (χ0v) is 11.2. The van der Waals surface area contributed by atoms with Crippen molar-refractivity contribution >= 4 is 11.8 Å². The number of hydrogen-bond donors (Lipinski definition) is 1. The molecule has 1 N–H and O–H groups in total. The number of rotatable bonds is 3. The Morgan fingerprint density at radius 3 is 2.61 bits per heavy atom. The average molecular weight is 253 g/mol. The lowest BCUT2D eigenvalue weighted by atomic mass is 10.0. The van der Waals surface area contributed by atoms with E-state index in [0.717, 1.165) is 32.5 Å². The quantitative estimate of drug-likeness (QED) is 0.782. The molecule has 0 saturated carbocycles. The van der Waals surface area contributed by atoms with Crippen molar-refractivity contribution in [3.05, 3.63) is 0 Å². The number of carbonyl (C=O) groups excluding carboxylic acids is 2. The Labute approximate surface area is 108 Å². The van der Waals surface area contributed by atoms with Gasteiger partial charge in [0.15, 0.2) is 0 Å². The van der Waals surface area contributed by atoms with Gasteiger partial charge in [0, 0.05) is 32.1 Å². The summed E-state index contributed by atoms with van der Waals surface area (Å²) in [6.45, 7) is 6.26. The lowest BCUT2D eigenvalue weighted by molar-refractivity contribution is -0.133. The summed E-state index contributed by atoms with van der Waals surface area (Å²) in [6, 6.07) is 0.332. The minimum Gasteiger partial charge on any atom is -0.347 e. The van der Waals surface area contributed by atoms with Gasteiger partial charge in [-0.25, -0.2) is 0 Å². The van der Waals surface area contributed by atoms with Crippen molar-refractivity contribution in [2.24, 2.45) is 0 Å². The molecular weight excluding hydrogens is 230 g/mol. The highest BCUT2D eigenvalue weighted by molar-refractivity contribution is 5.87. The van der Waals surface area contributed by atoms with Crippen LogP contribution in [0.1, 0.15) is 32.6 Å². The van der Waals surface area contributed by atoms with Crippen LogP contribution in [0.5, 0.6) is 0 Å². The Hall–Kier alpha value is -1.10. The summed E-state index contributed by atoms with van der Waals surface area (Å²) in [5, 5.41) is 2.65. The fourth-order valence-corrected chi connectivity index (χ4v) is 2.87. The van der Waals surface area contributed by atoms with Gasteiger partial charge >= 0.3 is 0 Å². The van der Waals surface area contributed by atoms with Crippen molar-refractivity contribution in [3.8, 4) is 0 Å². The molecule has 18 heavy (non-hydrogen) atoms. The topological polar surface area (TPSA) is 52.6 Å². The second-order valence-electron chi connectivity index (χ2n) is 5.19. The molecule has 0 radical (unpaired) electrons. The van der Waals surface area contributed by atoms with E-state index in [-0.39, 0.29) is 18.4 Å². The Balaban J connectivity index is 1.87. The molecule has 2 aliphatic rings. The third-order valence-electron chi connectivity index (χ3n) is 3.87. The molecular formula is C13H23N3O2. The van der Waals surface area contributed by atoms with Crippen LogP contribution in [0.2, 0.25) is 0 Å². The minimum atomic E-state index is -0.00531. The summed E-state index contributed by atoms with van der Waals surface area (Å²) in [5.41, 5.74) is 0. The normalized spacial score (nSPS) is 23.9. The summed E-state index contributed by atoms with van der Waals surface area (Å²) in [7, 11) is 0. The maximum Gasteiger partial charge on any atom is 0.242 e. The Kier molecular flexibility index (Phi) is 4.58. The van der Waals surface area contributed by atoms with Gasteiger partial charge < -0.3 is 15.1 Å². The van der Waals surface area contributed by atoms with E-state index < -0.39 is 0 Å². The summed E-state index contributed by atoms with van der Waals surface area (Å²) in [6.07, 6.45) is 3.71. The molecule has 2 saturated heterocycles. The predicted octanol–water partition coefficient (Wildman–Crippen LogP) is 0.209. The van der Waals surface area contributed by atoms with Gasteiger partial charge in [-0.1, -0.05) is 6.92 Å². The van der Waals surface area contributed by atoms with Gasteiger partial charge in [-0.3, -0.25) is 9.59 Å². The molecule has 0 aromatic rings. The predicted molar refractivity (Wildman–Crippen MR) is 69.1 cm³/mol. The standard InChI is InChI=1S/C13H23N3O2/c1-2-6-15-7-3-11(4-8-15)16-9-5-12(17)14-10-13(16)18/h11H,2-10H2,1H3,(H,14,17). The SMILES string of the molecule is CCCN1CCC(N2CCC(=O)NCC2=O)CC1. The van der Waals surface area contributed by atoms with Crippen LogP contribution < -0.4 is 5.32 Å². The maximum absolute atomic E-state index is 12.0. The van der Waals surface area contributed by atoms with E-state index in [1.807, 2.05) is 4.90 Å². The first kappa shape index (κ1) is 13.3.